The van der Waals surface area contributed by atoms with Gasteiger partial charge in [0.05, 0.1) is 12.1 Å². The molecule has 2 saturated carbocycles. The zero-order chi connectivity index (χ0) is 11.1. The molecular formula is C11H21N3O. The highest BCUT2D eigenvalue weighted by Crippen LogP contribution is 2.42. The van der Waals surface area contributed by atoms with Gasteiger partial charge in [-0.2, -0.15) is 0 Å². The Morgan fingerprint density at radius 1 is 1.47 bits per heavy atom. The predicted octanol–water partition coefficient (Wildman–Crippen LogP) is 0.603. The van der Waals surface area contributed by atoms with Crippen LogP contribution < -0.4 is 11.1 Å². The Morgan fingerprint density at radius 2 is 2.13 bits per heavy atom. The summed E-state index contributed by atoms with van der Waals surface area (Å²) in [6, 6.07) is 0.696. The number of hydrogen-bond donors (Lipinski definition) is 3. The lowest BCUT2D eigenvalue weighted by molar-refractivity contribution is -0.0577. The first-order valence-electron chi connectivity index (χ1n) is 5.78. The van der Waals surface area contributed by atoms with Gasteiger partial charge < -0.3 is 16.2 Å². The Bertz CT molecular complexity index is 271. The Labute approximate surface area is 91.0 Å². The van der Waals surface area contributed by atoms with Crippen LogP contribution in [0, 0.1) is 5.41 Å². The topological polar surface area (TPSA) is 70.6 Å². The molecule has 86 valence electrons. The van der Waals surface area contributed by atoms with Gasteiger partial charge in [-0.1, -0.05) is 13.8 Å². The van der Waals surface area contributed by atoms with E-state index in [1.165, 1.54) is 19.3 Å². The molecule has 2 aliphatic rings. The number of aliphatic hydroxyl groups excluding tert-OH is 1. The maximum absolute atomic E-state index is 9.57. The molecule has 0 heterocycles. The van der Waals surface area contributed by atoms with E-state index < -0.39 is 0 Å². The van der Waals surface area contributed by atoms with Gasteiger partial charge in [0.25, 0.3) is 0 Å². The summed E-state index contributed by atoms with van der Waals surface area (Å²) >= 11 is 0. The fraction of sp³-hybridized carbons (Fsp3) is 0.909. The number of nitrogens with one attached hydrogen (secondary N) is 1. The molecule has 0 aromatic carbocycles. The third-order valence-electron chi connectivity index (χ3n) is 3.92. The molecule has 2 fully saturated rings. The van der Waals surface area contributed by atoms with Gasteiger partial charge in [-0.15, -0.1) is 0 Å². The highest BCUT2D eigenvalue weighted by molar-refractivity contribution is 5.78. The normalized spacial score (nSPS) is 35.5. The number of nitrogens with two attached hydrogens (primary N) is 1. The van der Waals surface area contributed by atoms with Gasteiger partial charge in [-0.25, -0.2) is 4.99 Å². The molecule has 0 saturated heterocycles. The Kier molecular flexibility index (Phi) is 2.63. The first-order chi connectivity index (χ1) is 7.00. The maximum Gasteiger partial charge on any atom is 0.189 e. The summed E-state index contributed by atoms with van der Waals surface area (Å²) in [5, 5.41) is 12.8. The van der Waals surface area contributed by atoms with Gasteiger partial charge in [0.2, 0.25) is 0 Å². The fourth-order valence-electron chi connectivity index (χ4n) is 2.07. The summed E-state index contributed by atoms with van der Waals surface area (Å²) in [7, 11) is 0. The zero-order valence-corrected chi connectivity index (χ0v) is 9.53. The highest BCUT2D eigenvalue weighted by atomic mass is 16.3. The van der Waals surface area contributed by atoms with Crippen molar-refractivity contribution >= 4 is 5.96 Å². The molecule has 0 aromatic heterocycles. The van der Waals surface area contributed by atoms with Crippen LogP contribution in [0.25, 0.3) is 0 Å². The van der Waals surface area contributed by atoms with E-state index in [2.05, 4.69) is 10.3 Å². The van der Waals surface area contributed by atoms with E-state index in [1.54, 1.807) is 0 Å². The number of aliphatic hydroxyl groups is 1. The predicted molar refractivity (Wildman–Crippen MR) is 60.6 cm³/mol. The molecule has 15 heavy (non-hydrogen) atoms. The molecule has 0 bridgehead atoms. The summed E-state index contributed by atoms with van der Waals surface area (Å²) in [6.45, 7) is 4.07. The second-order valence-corrected chi connectivity index (χ2v) is 5.38. The largest absolute Gasteiger partial charge is 0.392 e. The van der Waals surface area contributed by atoms with Crippen LogP contribution in [-0.2, 0) is 0 Å². The van der Waals surface area contributed by atoms with Gasteiger partial charge >= 0.3 is 0 Å². The molecule has 4 N–H and O–H groups in total. The van der Waals surface area contributed by atoms with E-state index in [9.17, 15) is 5.11 Å². The lowest BCUT2D eigenvalue weighted by Gasteiger charge is -2.47. The molecule has 4 nitrogen and oxygen atoms in total. The minimum atomic E-state index is -0.234. The van der Waals surface area contributed by atoms with E-state index in [4.69, 9.17) is 5.73 Å². The Balaban J connectivity index is 1.86. The first kappa shape index (κ1) is 10.7. The summed E-state index contributed by atoms with van der Waals surface area (Å²) in [5.74, 6) is 0.546. The molecule has 0 amide bonds. The van der Waals surface area contributed by atoms with Crippen LogP contribution >= 0.6 is 0 Å². The standard InChI is InChI=1S/C11H21N3O/c1-11(2)8(6-9(11)15)14-10(12)13-7-4-3-5-7/h7-9,15H,3-6H2,1-2H3,(H3,12,13,14). The molecule has 4 heteroatoms. The van der Waals surface area contributed by atoms with Crippen LogP contribution in [0.5, 0.6) is 0 Å². The number of aliphatic imine (C=N–C) groups is 1. The van der Waals surface area contributed by atoms with Crippen molar-refractivity contribution in [2.75, 3.05) is 0 Å². The molecule has 0 aromatic rings. The molecule has 0 aliphatic heterocycles. The lowest BCUT2D eigenvalue weighted by Crippen LogP contribution is -2.54. The van der Waals surface area contributed by atoms with Crippen molar-refractivity contribution < 1.29 is 5.11 Å². The van der Waals surface area contributed by atoms with E-state index in [0.717, 1.165) is 6.42 Å². The van der Waals surface area contributed by atoms with Crippen LogP contribution in [0.1, 0.15) is 39.5 Å². The first-order valence-corrected chi connectivity index (χ1v) is 5.78. The van der Waals surface area contributed by atoms with Crippen LogP contribution in [0.4, 0.5) is 0 Å². The Hall–Kier alpha value is -0.770. The van der Waals surface area contributed by atoms with Crippen molar-refractivity contribution in [2.45, 2.75) is 57.7 Å². The van der Waals surface area contributed by atoms with Crippen molar-refractivity contribution in [1.82, 2.24) is 5.32 Å². The van der Waals surface area contributed by atoms with Gasteiger partial charge in [-0.3, -0.25) is 0 Å². The monoisotopic (exact) mass is 211 g/mol. The third-order valence-corrected chi connectivity index (χ3v) is 3.92. The van der Waals surface area contributed by atoms with Gasteiger partial charge in [-0.05, 0) is 25.7 Å². The number of rotatable bonds is 2. The molecular weight excluding hydrogens is 190 g/mol. The molecule has 2 unspecified atom stereocenters. The average molecular weight is 211 g/mol. The van der Waals surface area contributed by atoms with Crippen molar-refractivity contribution in [1.29, 1.82) is 0 Å². The van der Waals surface area contributed by atoms with Crippen molar-refractivity contribution in [3.8, 4) is 0 Å². The second-order valence-electron chi connectivity index (χ2n) is 5.38. The van der Waals surface area contributed by atoms with E-state index >= 15 is 0 Å². The average Bonchev–Trinajstić information content (AvgIpc) is 2.11. The quantitative estimate of drug-likeness (QED) is 0.463. The highest BCUT2D eigenvalue weighted by Gasteiger charge is 2.47. The zero-order valence-electron chi connectivity index (χ0n) is 9.53. The third kappa shape index (κ3) is 1.95. The van der Waals surface area contributed by atoms with E-state index in [-0.39, 0.29) is 17.6 Å². The minimum Gasteiger partial charge on any atom is -0.392 e. The summed E-state index contributed by atoms with van der Waals surface area (Å²) in [5.41, 5.74) is 5.70. The smallest absolute Gasteiger partial charge is 0.189 e. The van der Waals surface area contributed by atoms with Gasteiger partial charge in [0.1, 0.15) is 0 Å². The van der Waals surface area contributed by atoms with Crippen LogP contribution in [-0.4, -0.2) is 29.3 Å². The van der Waals surface area contributed by atoms with Crippen molar-refractivity contribution in [3.63, 3.8) is 0 Å². The second kappa shape index (κ2) is 3.67. The molecule has 2 rings (SSSR count). The SMILES string of the molecule is CC1(C)C(O)CC1N=C(N)NC1CCC1. The molecule has 0 spiro atoms. The van der Waals surface area contributed by atoms with Crippen LogP contribution in [0.15, 0.2) is 4.99 Å². The van der Waals surface area contributed by atoms with E-state index in [0.29, 0.717) is 12.0 Å². The van der Waals surface area contributed by atoms with Crippen LogP contribution in [0.3, 0.4) is 0 Å². The minimum absolute atomic E-state index is 0.119. The number of hydrogen-bond acceptors (Lipinski definition) is 2. The van der Waals surface area contributed by atoms with E-state index in [1.807, 2.05) is 13.8 Å². The molecule has 2 atom stereocenters. The number of nitrogens with zero attached hydrogens (tertiary/aromatic N) is 1. The summed E-state index contributed by atoms with van der Waals surface area (Å²) in [4.78, 5) is 4.43. The summed E-state index contributed by atoms with van der Waals surface area (Å²) in [6.07, 6.45) is 4.20. The maximum atomic E-state index is 9.57. The lowest BCUT2D eigenvalue weighted by atomic mass is 9.65. The molecule has 0 radical (unpaired) electrons. The fourth-order valence-corrected chi connectivity index (χ4v) is 2.07. The van der Waals surface area contributed by atoms with Crippen molar-refractivity contribution in [3.05, 3.63) is 0 Å². The van der Waals surface area contributed by atoms with Gasteiger partial charge in [0.15, 0.2) is 5.96 Å². The Morgan fingerprint density at radius 3 is 2.53 bits per heavy atom. The van der Waals surface area contributed by atoms with Crippen LogP contribution in [0.2, 0.25) is 0 Å². The number of guanidine groups is 1. The van der Waals surface area contributed by atoms with Crippen molar-refractivity contribution in [2.24, 2.45) is 16.1 Å². The summed E-state index contributed by atoms with van der Waals surface area (Å²) < 4.78 is 0. The molecule has 2 aliphatic carbocycles. The van der Waals surface area contributed by atoms with Gasteiger partial charge in [0, 0.05) is 11.5 Å².